The quantitative estimate of drug-likeness (QED) is 0.769. The van der Waals surface area contributed by atoms with Gasteiger partial charge in [0.2, 0.25) is 0 Å². The zero-order valence-electron chi connectivity index (χ0n) is 9.77. The predicted molar refractivity (Wildman–Crippen MR) is 66.8 cm³/mol. The Labute approximate surface area is 99.3 Å². The Morgan fingerprint density at radius 1 is 1.47 bits per heavy atom. The molecule has 0 saturated heterocycles. The summed E-state index contributed by atoms with van der Waals surface area (Å²) in [6.07, 6.45) is 3.10. The normalized spacial score (nSPS) is 10.2. The molecule has 0 spiro atoms. The van der Waals surface area contributed by atoms with Gasteiger partial charge in [-0.05, 0) is 24.6 Å². The van der Waals surface area contributed by atoms with Crippen LogP contribution in [0.25, 0.3) is 0 Å². The molecule has 0 fully saturated rings. The number of rotatable bonds is 2. The van der Waals surface area contributed by atoms with E-state index in [0.29, 0.717) is 17.1 Å². The van der Waals surface area contributed by atoms with E-state index in [4.69, 9.17) is 5.73 Å². The monoisotopic (exact) mass is 230 g/mol. The average Bonchev–Trinajstić information content (AvgIpc) is 2.70. The second-order valence-electron chi connectivity index (χ2n) is 3.92. The maximum absolute atomic E-state index is 11.9. The van der Waals surface area contributed by atoms with Crippen LogP contribution in [0.2, 0.25) is 0 Å². The van der Waals surface area contributed by atoms with Gasteiger partial charge in [-0.3, -0.25) is 4.79 Å². The number of nitrogens with one attached hydrogen (secondary N) is 1. The van der Waals surface area contributed by atoms with Gasteiger partial charge in [-0.15, -0.1) is 0 Å². The molecule has 1 amide bonds. The highest BCUT2D eigenvalue weighted by Gasteiger charge is 2.10. The molecular weight excluding hydrogens is 216 g/mol. The molecular formula is C12H14N4O. The van der Waals surface area contributed by atoms with Crippen LogP contribution in [0.15, 0.2) is 30.7 Å². The fourth-order valence-corrected chi connectivity index (χ4v) is 1.49. The Bertz CT molecular complexity index is 559. The van der Waals surface area contributed by atoms with Crippen LogP contribution in [0.4, 0.5) is 11.4 Å². The van der Waals surface area contributed by atoms with Crippen molar-refractivity contribution in [2.24, 2.45) is 7.05 Å². The van der Waals surface area contributed by atoms with Gasteiger partial charge in [-0.2, -0.15) is 0 Å². The van der Waals surface area contributed by atoms with Crippen molar-refractivity contribution >= 4 is 17.3 Å². The molecule has 3 N–H and O–H groups in total. The number of hydrogen-bond donors (Lipinski definition) is 2. The van der Waals surface area contributed by atoms with Crippen molar-refractivity contribution < 1.29 is 4.79 Å². The largest absolute Gasteiger partial charge is 0.398 e. The van der Waals surface area contributed by atoms with Crippen LogP contribution in [-0.2, 0) is 7.05 Å². The summed E-state index contributed by atoms with van der Waals surface area (Å²) in [4.78, 5) is 15.8. The van der Waals surface area contributed by atoms with E-state index in [9.17, 15) is 4.79 Å². The third-order valence-corrected chi connectivity index (χ3v) is 2.59. The highest BCUT2D eigenvalue weighted by molar-refractivity contribution is 6.03. The minimum Gasteiger partial charge on any atom is -0.398 e. The number of carbonyl (C=O) groups is 1. The van der Waals surface area contributed by atoms with Crippen molar-refractivity contribution in [3.8, 4) is 0 Å². The van der Waals surface area contributed by atoms with Gasteiger partial charge in [0.05, 0.1) is 12.5 Å². The van der Waals surface area contributed by atoms with Crippen molar-refractivity contribution in [3.05, 3.63) is 42.0 Å². The molecule has 1 aromatic carbocycles. The Hall–Kier alpha value is -2.30. The number of imidazole rings is 1. The SMILES string of the molecule is Cc1ccc(NC(=O)c2cncn2C)cc1N. The lowest BCUT2D eigenvalue weighted by molar-refractivity contribution is 0.101. The van der Waals surface area contributed by atoms with Gasteiger partial charge >= 0.3 is 0 Å². The van der Waals surface area contributed by atoms with Crippen LogP contribution < -0.4 is 11.1 Å². The van der Waals surface area contributed by atoms with Gasteiger partial charge in [0.15, 0.2) is 0 Å². The summed E-state index contributed by atoms with van der Waals surface area (Å²) >= 11 is 0. The average molecular weight is 230 g/mol. The molecule has 0 aliphatic carbocycles. The number of aromatic nitrogens is 2. The van der Waals surface area contributed by atoms with Crippen LogP contribution in [0.3, 0.4) is 0 Å². The first-order chi connectivity index (χ1) is 8.08. The van der Waals surface area contributed by atoms with E-state index >= 15 is 0 Å². The standard InChI is InChI=1S/C12H14N4O/c1-8-3-4-9(5-10(8)13)15-12(17)11-6-14-7-16(11)2/h3-7H,13H2,1-2H3,(H,15,17). The Morgan fingerprint density at radius 2 is 2.24 bits per heavy atom. The predicted octanol–water partition coefficient (Wildman–Crippen LogP) is 1.56. The smallest absolute Gasteiger partial charge is 0.273 e. The molecule has 5 nitrogen and oxygen atoms in total. The van der Waals surface area contributed by atoms with E-state index in [2.05, 4.69) is 10.3 Å². The van der Waals surface area contributed by atoms with E-state index in [1.165, 1.54) is 6.20 Å². The summed E-state index contributed by atoms with van der Waals surface area (Å²) < 4.78 is 1.66. The van der Waals surface area contributed by atoms with Gasteiger partial charge in [-0.25, -0.2) is 4.98 Å². The summed E-state index contributed by atoms with van der Waals surface area (Å²) in [5, 5.41) is 2.77. The lowest BCUT2D eigenvalue weighted by atomic mass is 10.2. The molecule has 17 heavy (non-hydrogen) atoms. The molecule has 0 saturated carbocycles. The number of nitrogens with two attached hydrogens (primary N) is 1. The topological polar surface area (TPSA) is 72.9 Å². The third kappa shape index (κ3) is 2.28. The summed E-state index contributed by atoms with van der Waals surface area (Å²) in [6, 6.07) is 5.43. The van der Waals surface area contributed by atoms with E-state index in [1.54, 1.807) is 24.0 Å². The summed E-state index contributed by atoms with van der Waals surface area (Å²) in [5.74, 6) is -0.201. The zero-order valence-corrected chi connectivity index (χ0v) is 9.77. The lowest BCUT2D eigenvalue weighted by Crippen LogP contribution is -2.15. The van der Waals surface area contributed by atoms with Crippen molar-refractivity contribution in [2.75, 3.05) is 11.1 Å². The van der Waals surface area contributed by atoms with Gasteiger partial charge in [0.25, 0.3) is 5.91 Å². The summed E-state index contributed by atoms with van der Waals surface area (Å²) in [5.41, 5.74) is 8.61. The summed E-state index contributed by atoms with van der Waals surface area (Å²) in [7, 11) is 1.77. The van der Waals surface area contributed by atoms with Gasteiger partial charge in [-0.1, -0.05) is 6.07 Å². The number of aryl methyl sites for hydroxylation is 2. The van der Waals surface area contributed by atoms with E-state index in [1.807, 2.05) is 19.1 Å². The molecule has 2 rings (SSSR count). The minimum atomic E-state index is -0.201. The van der Waals surface area contributed by atoms with E-state index < -0.39 is 0 Å². The van der Waals surface area contributed by atoms with E-state index in [0.717, 1.165) is 5.56 Å². The summed E-state index contributed by atoms with van der Waals surface area (Å²) in [6.45, 7) is 1.92. The van der Waals surface area contributed by atoms with Crippen LogP contribution in [0, 0.1) is 6.92 Å². The van der Waals surface area contributed by atoms with E-state index in [-0.39, 0.29) is 5.91 Å². The third-order valence-electron chi connectivity index (χ3n) is 2.59. The fraction of sp³-hybridized carbons (Fsp3) is 0.167. The Morgan fingerprint density at radius 3 is 2.82 bits per heavy atom. The number of carbonyl (C=O) groups excluding carboxylic acids is 1. The van der Waals surface area contributed by atoms with Crippen molar-refractivity contribution in [1.29, 1.82) is 0 Å². The van der Waals surface area contributed by atoms with Gasteiger partial charge in [0, 0.05) is 18.4 Å². The van der Waals surface area contributed by atoms with Crippen LogP contribution in [0.1, 0.15) is 16.1 Å². The van der Waals surface area contributed by atoms with Crippen molar-refractivity contribution in [3.63, 3.8) is 0 Å². The Balaban J connectivity index is 2.19. The van der Waals surface area contributed by atoms with Crippen LogP contribution >= 0.6 is 0 Å². The maximum atomic E-state index is 11.9. The molecule has 5 heteroatoms. The molecule has 0 aliphatic heterocycles. The van der Waals surface area contributed by atoms with Crippen LogP contribution in [0.5, 0.6) is 0 Å². The van der Waals surface area contributed by atoms with Crippen molar-refractivity contribution in [1.82, 2.24) is 9.55 Å². The molecule has 1 aromatic heterocycles. The number of hydrogen-bond acceptors (Lipinski definition) is 3. The number of benzene rings is 1. The van der Waals surface area contributed by atoms with Gasteiger partial charge in [0.1, 0.15) is 5.69 Å². The first-order valence-corrected chi connectivity index (χ1v) is 5.21. The zero-order chi connectivity index (χ0) is 12.4. The molecule has 0 atom stereocenters. The first-order valence-electron chi connectivity index (χ1n) is 5.21. The second kappa shape index (κ2) is 4.29. The van der Waals surface area contributed by atoms with Crippen LogP contribution in [-0.4, -0.2) is 15.5 Å². The lowest BCUT2D eigenvalue weighted by Gasteiger charge is -2.07. The molecule has 0 radical (unpaired) electrons. The minimum absolute atomic E-state index is 0.201. The number of anilines is 2. The molecule has 0 unspecified atom stereocenters. The number of nitrogen functional groups attached to an aromatic ring is 1. The molecule has 0 bridgehead atoms. The highest BCUT2D eigenvalue weighted by atomic mass is 16.1. The van der Waals surface area contributed by atoms with Crippen molar-refractivity contribution in [2.45, 2.75) is 6.92 Å². The molecule has 88 valence electrons. The Kier molecular flexibility index (Phi) is 2.82. The first kappa shape index (κ1) is 11.2. The number of nitrogens with zero attached hydrogens (tertiary/aromatic N) is 2. The fourth-order valence-electron chi connectivity index (χ4n) is 1.49. The number of amides is 1. The highest BCUT2D eigenvalue weighted by Crippen LogP contribution is 2.17. The molecule has 0 aliphatic rings. The molecule has 1 heterocycles. The maximum Gasteiger partial charge on any atom is 0.273 e. The van der Waals surface area contributed by atoms with Gasteiger partial charge < -0.3 is 15.6 Å². The second-order valence-corrected chi connectivity index (χ2v) is 3.92. The molecule has 2 aromatic rings.